The van der Waals surface area contributed by atoms with Gasteiger partial charge in [-0.1, -0.05) is 0 Å². The molecule has 0 aromatic heterocycles. The summed E-state index contributed by atoms with van der Waals surface area (Å²) >= 11 is 1.83. The predicted molar refractivity (Wildman–Crippen MR) is 79.6 cm³/mol. The van der Waals surface area contributed by atoms with Gasteiger partial charge in [-0.25, -0.2) is 0 Å². The van der Waals surface area contributed by atoms with Gasteiger partial charge in [-0.15, -0.1) is 11.8 Å². The van der Waals surface area contributed by atoms with E-state index in [1.807, 2.05) is 23.6 Å². The van der Waals surface area contributed by atoms with Gasteiger partial charge in [0.2, 0.25) is 5.91 Å². The smallest absolute Gasteiger partial charge is 0.232 e. The van der Waals surface area contributed by atoms with E-state index in [9.17, 15) is 4.79 Å². The Morgan fingerprint density at radius 1 is 1.42 bits per heavy atom. The van der Waals surface area contributed by atoms with Crippen molar-refractivity contribution in [2.45, 2.75) is 50.6 Å². The molecule has 2 heterocycles. The van der Waals surface area contributed by atoms with Crippen molar-refractivity contribution in [1.82, 2.24) is 10.2 Å². The zero-order valence-corrected chi connectivity index (χ0v) is 13.1. The molecule has 0 aromatic rings. The summed E-state index contributed by atoms with van der Waals surface area (Å²) in [6.07, 6.45) is 2.50. The number of hydrogen-bond acceptors (Lipinski definition) is 4. The molecule has 19 heavy (non-hydrogen) atoms. The van der Waals surface area contributed by atoms with E-state index >= 15 is 0 Å². The van der Waals surface area contributed by atoms with Crippen molar-refractivity contribution in [2.75, 3.05) is 31.9 Å². The van der Waals surface area contributed by atoms with Gasteiger partial charge in [0.1, 0.15) is 0 Å². The molecule has 0 aliphatic carbocycles. The van der Waals surface area contributed by atoms with Crippen molar-refractivity contribution in [3.05, 3.63) is 0 Å². The topological polar surface area (TPSA) is 41.6 Å². The van der Waals surface area contributed by atoms with Crippen LogP contribution >= 0.6 is 11.8 Å². The van der Waals surface area contributed by atoms with Gasteiger partial charge in [0, 0.05) is 18.3 Å². The van der Waals surface area contributed by atoms with Gasteiger partial charge in [0.15, 0.2) is 0 Å². The first-order valence-corrected chi connectivity index (χ1v) is 8.29. The molecule has 1 unspecified atom stereocenters. The van der Waals surface area contributed by atoms with E-state index in [2.05, 4.69) is 19.2 Å². The van der Waals surface area contributed by atoms with E-state index in [1.54, 1.807) is 0 Å². The number of carbonyl (C=O) groups is 1. The van der Waals surface area contributed by atoms with Crippen molar-refractivity contribution < 1.29 is 9.53 Å². The number of morpholine rings is 1. The van der Waals surface area contributed by atoms with E-state index in [4.69, 9.17) is 4.74 Å². The molecule has 2 fully saturated rings. The zero-order valence-electron chi connectivity index (χ0n) is 12.3. The number of piperidine rings is 1. The summed E-state index contributed by atoms with van der Waals surface area (Å²) in [6.45, 7) is 9.78. The first-order chi connectivity index (χ1) is 8.96. The molecule has 5 heteroatoms. The Hall–Kier alpha value is -0.260. The maximum atomic E-state index is 12.3. The molecule has 2 aliphatic rings. The second-order valence-electron chi connectivity index (χ2n) is 6.22. The van der Waals surface area contributed by atoms with Crippen molar-refractivity contribution in [3.63, 3.8) is 0 Å². The highest BCUT2D eigenvalue weighted by atomic mass is 32.2. The number of carbonyl (C=O) groups excluding carboxylic acids is 1. The molecule has 2 aliphatic heterocycles. The van der Waals surface area contributed by atoms with Crippen LogP contribution in [0.1, 0.15) is 33.6 Å². The quantitative estimate of drug-likeness (QED) is 0.854. The van der Waals surface area contributed by atoms with Crippen LogP contribution in [0.4, 0.5) is 0 Å². The minimum absolute atomic E-state index is 0.136. The monoisotopic (exact) mass is 286 g/mol. The number of nitrogens with zero attached hydrogens (tertiary/aromatic N) is 1. The molecular formula is C14H26N2O2S. The fraction of sp³-hybridized carbons (Fsp3) is 0.929. The lowest BCUT2D eigenvalue weighted by atomic mass is 10.1. The molecule has 1 atom stereocenters. The number of hydrogen-bond donors (Lipinski definition) is 1. The average Bonchev–Trinajstić information content (AvgIpc) is 2.34. The Balaban J connectivity index is 1.78. The third-order valence-corrected chi connectivity index (χ3v) is 5.01. The molecule has 110 valence electrons. The first kappa shape index (κ1) is 15.1. The molecule has 0 radical (unpaired) electrons. The van der Waals surface area contributed by atoms with E-state index in [0.717, 1.165) is 19.6 Å². The van der Waals surface area contributed by atoms with Crippen LogP contribution in [-0.4, -0.2) is 59.7 Å². The molecular weight excluding hydrogens is 260 g/mol. The number of nitrogens with one attached hydrogen (secondary N) is 1. The van der Waals surface area contributed by atoms with E-state index in [0.29, 0.717) is 17.5 Å². The Morgan fingerprint density at radius 2 is 2.11 bits per heavy atom. The van der Waals surface area contributed by atoms with Gasteiger partial charge in [-0.05, 0) is 46.7 Å². The SMILES string of the molecule is CC1CN(C(=O)CSC2CCNCC2)CC(C)(C)O1. The fourth-order valence-electron chi connectivity index (χ4n) is 2.89. The van der Waals surface area contributed by atoms with Crippen LogP contribution in [0.2, 0.25) is 0 Å². The Morgan fingerprint density at radius 3 is 2.74 bits per heavy atom. The van der Waals surface area contributed by atoms with Crippen LogP contribution in [0.3, 0.4) is 0 Å². The van der Waals surface area contributed by atoms with Crippen LogP contribution in [0.5, 0.6) is 0 Å². The van der Waals surface area contributed by atoms with E-state index in [1.165, 1.54) is 12.8 Å². The largest absolute Gasteiger partial charge is 0.369 e. The number of rotatable bonds is 3. The van der Waals surface area contributed by atoms with Gasteiger partial charge in [-0.3, -0.25) is 4.79 Å². The van der Waals surface area contributed by atoms with Crippen LogP contribution < -0.4 is 5.32 Å². The average molecular weight is 286 g/mol. The third kappa shape index (κ3) is 4.65. The number of thioether (sulfide) groups is 1. The minimum Gasteiger partial charge on any atom is -0.369 e. The molecule has 2 rings (SSSR count). The van der Waals surface area contributed by atoms with Crippen molar-refractivity contribution in [1.29, 1.82) is 0 Å². The van der Waals surface area contributed by atoms with Gasteiger partial charge in [0.25, 0.3) is 0 Å². The second-order valence-corrected chi connectivity index (χ2v) is 7.51. The van der Waals surface area contributed by atoms with Crippen molar-refractivity contribution in [3.8, 4) is 0 Å². The maximum absolute atomic E-state index is 12.3. The zero-order chi connectivity index (χ0) is 13.9. The van der Waals surface area contributed by atoms with Gasteiger partial charge in [0.05, 0.1) is 17.5 Å². The van der Waals surface area contributed by atoms with Crippen LogP contribution in [0.15, 0.2) is 0 Å². The highest BCUT2D eigenvalue weighted by molar-refractivity contribution is 8.00. The van der Waals surface area contributed by atoms with Crippen LogP contribution in [-0.2, 0) is 9.53 Å². The van der Waals surface area contributed by atoms with Crippen molar-refractivity contribution in [2.24, 2.45) is 0 Å². The third-order valence-electron chi connectivity index (χ3n) is 3.65. The van der Waals surface area contributed by atoms with Gasteiger partial charge >= 0.3 is 0 Å². The van der Waals surface area contributed by atoms with Crippen molar-refractivity contribution >= 4 is 17.7 Å². The first-order valence-electron chi connectivity index (χ1n) is 7.24. The van der Waals surface area contributed by atoms with E-state index in [-0.39, 0.29) is 17.6 Å². The maximum Gasteiger partial charge on any atom is 0.232 e. The summed E-state index contributed by atoms with van der Waals surface area (Å²) in [5, 5.41) is 4.01. The fourth-order valence-corrected chi connectivity index (χ4v) is 4.02. The summed E-state index contributed by atoms with van der Waals surface area (Å²) < 4.78 is 5.84. The summed E-state index contributed by atoms with van der Waals surface area (Å²) in [5.41, 5.74) is -0.216. The molecule has 0 spiro atoms. The normalized spacial score (nSPS) is 28.4. The molecule has 0 bridgehead atoms. The lowest BCUT2D eigenvalue weighted by molar-refractivity contribution is -0.155. The molecule has 1 amide bonds. The second kappa shape index (κ2) is 6.46. The standard InChI is InChI=1S/C14H26N2O2S/c1-11-8-16(10-14(2,3)18-11)13(17)9-19-12-4-6-15-7-5-12/h11-12,15H,4-10H2,1-3H3. The Labute approximate surface area is 120 Å². The highest BCUT2D eigenvalue weighted by Gasteiger charge is 2.33. The summed E-state index contributed by atoms with van der Waals surface area (Å²) in [5.74, 6) is 0.889. The highest BCUT2D eigenvalue weighted by Crippen LogP contribution is 2.24. The molecule has 0 aromatic carbocycles. The summed E-state index contributed by atoms with van der Waals surface area (Å²) in [7, 11) is 0. The van der Waals surface area contributed by atoms with Gasteiger partial charge in [-0.2, -0.15) is 0 Å². The van der Waals surface area contributed by atoms with E-state index < -0.39 is 0 Å². The Kier molecular flexibility index (Phi) is 5.15. The molecule has 0 saturated carbocycles. The number of amides is 1. The Bertz CT molecular complexity index is 317. The van der Waals surface area contributed by atoms with Gasteiger partial charge < -0.3 is 15.0 Å². The predicted octanol–water partition coefficient (Wildman–Crippen LogP) is 1.50. The van der Waals surface area contributed by atoms with Crippen LogP contribution in [0.25, 0.3) is 0 Å². The summed E-state index contributed by atoms with van der Waals surface area (Å²) in [4.78, 5) is 14.3. The summed E-state index contributed by atoms with van der Waals surface area (Å²) in [6, 6.07) is 0. The van der Waals surface area contributed by atoms with Crippen LogP contribution in [0, 0.1) is 0 Å². The molecule has 1 N–H and O–H groups in total. The lowest BCUT2D eigenvalue weighted by Gasteiger charge is -2.41. The minimum atomic E-state index is -0.216. The lowest BCUT2D eigenvalue weighted by Crippen LogP contribution is -2.54. The molecule has 2 saturated heterocycles. The number of ether oxygens (including phenoxy) is 1. The molecule has 4 nitrogen and oxygen atoms in total.